The van der Waals surface area contributed by atoms with Gasteiger partial charge in [0.1, 0.15) is 5.58 Å². The molecule has 6 heteroatoms. The van der Waals surface area contributed by atoms with Crippen LogP contribution in [0.1, 0.15) is 39.8 Å². The molecular weight excluding hydrogens is 324 g/mol. The summed E-state index contributed by atoms with van der Waals surface area (Å²) in [4.78, 5) is 17.7. The summed E-state index contributed by atoms with van der Waals surface area (Å²) < 4.78 is 5.63. The summed E-state index contributed by atoms with van der Waals surface area (Å²) in [6, 6.07) is 8.09. The highest BCUT2D eigenvalue weighted by atomic mass is 32.1. The van der Waals surface area contributed by atoms with Crippen LogP contribution < -0.4 is 0 Å². The first kappa shape index (κ1) is 15.4. The van der Waals surface area contributed by atoms with Gasteiger partial charge >= 0.3 is 5.97 Å². The number of likely N-dealkylation sites (tertiary alicyclic amines) is 1. The lowest BCUT2D eigenvalue weighted by molar-refractivity contribution is 0.0691. The van der Waals surface area contributed by atoms with E-state index in [1.165, 1.54) is 22.3 Å². The topological polar surface area (TPSA) is 66.6 Å². The second-order valence-corrected chi connectivity index (χ2v) is 7.10. The molecule has 0 radical (unpaired) electrons. The monoisotopic (exact) mass is 342 g/mol. The largest absolute Gasteiger partial charge is 0.476 e. The lowest BCUT2D eigenvalue weighted by atomic mass is 9.98. The van der Waals surface area contributed by atoms with Crippen LogP contribution in [0.2, 0.25) is 0 Å². The van der Waals surface area contributed by atoms with E-state index in [0.717, 1.165) is 43.1 Å². The Hall–Kier alpha value is -2.18. The number of aromatic nitrogens is 1. The maximum absolute atomic E-state index is 11.0. The number of hydrogen-bond acceptors (Lipinski definition) is 5. The Morgan fingerprint density at radius 3 is 3.12 bits per heavy atom. The number of para-hydroxylation sites is 1. The van der Waals surface area contributed by atoms with Gasteiger partial charge in [-0.2, -0.15) is 0 Å². The van der Waals surface area contributed by atoms with Gasteiger partial charge < -0.3 is 9.52 Å². The average Bonchev–Trinajstić information content (AvgIpc) is 3.23. The van der Waals surface area contributed by atoms with Crippen LogP contribution in [0.5, 0.6) is 0 Å². The van der Waals surface area contributed by atoms with Gasteiger partial charge in [0, 0.05) is 35.3 Å². The summed E-state index contributed by atoms with van der Waals surface area (Å²) in [7, 11) is 0. The molecule has 1 atom stereocenters. The Labute approximate surface area is 143 Å². The van der Waals surface area contributed by atoms with Gasteiger partial charge in [-0.15, -0.1) is 11.3 Å². The molecular formula is C18H18N2O3S. The molecule has 0 bridgehead atoms. The normalized spacial score (nSPS) is 18.9. The van der Waals surface area contributed by atoms with E-state index in [9.17, 15) is 4.79 Å². The van der Waals surface area contributed by atoms with Crippen molar-refractivity contribution in [2.24, 2.45) is 0 Å². The van der Waals surface area contributed by atoms with E-state index in [1.807, 2.05) is 24.5 Å². The van der Waals surface area contributed by atoms with Gasteiger partial charge in [-0.3, -0.25) is 4.90 Å². The first-order valence-corrected chi connectivity index (χ1v) is 8.95. The number of hydrogen-bond donors (Lipinski definition) is 1. The highest BCUT2D eigenvalue weighted by Gasteiger charge is 2.25. The minimum Gasteiger partial charge on any atom is -0.476 e. The number of carbonyl (C=O) groups is 1. The van der Waals surface area contributed by atoms with Gasteiger partial charge in [0.2, 0.25) is 0 Å². The molecule has 3 aromatic rings. The Morgan fingerprint density at radius 1 is 1.42 bits per heavy atom. The molecule has 24 heavy (non-hydrogen) atoms. The van der Waals surface area contributed by atoms with E-state index in [-0.39, 0.29) is 5.69 Å². The lowest BCUT2D eigenvalue weighted by Crippen LogP contribution is -2.33. The Morgan fingerprint density at radius 2 is 2.29 bits per heavy atom. The molecule has 1 fully saturated rings. The third kappa shape index (κ3) is 2.95. The zero-order valence-corrected chi connectivity index (χ0v) is 14.0. The minimum atomic E-state index is -0.949. The Kier molecular flexibility index (Phi) is 4.08. The third-order valence-electron chi connectivity index (χ3n) is 4.55. The molecule has 0 spiro atoms. The standard InChI is InChI=1S/C18H18N2O3S/c21-18(22)15-11-24-17(19-15)12-4-3-7-20(8-12)9-13-10-23-16-6-2-1-5-14(13)16/h1-2,5-6,10-12H,3-4,7-9H2,(H,21,22). The Bertz CT molecular complexity index is 870. The second-order valence-electron chi connectivity index (χ2n) is 6.21. The van der Waals surface area contributed by atoms with Crippen LogP contribution in [0.4, 0.5) is 0 Å². The molecule has 1 aliphatic rings. The van der Waals surface area contributed by atoms with E-state index in [0.29, 0.717) is 5.92 Å². The predicted octanol–water partition coefficient (Wildman–Crippen LogP) is 3.97. The van der Waals surface area contributed by atoms with Gasteiger partial charge in [-0.1, -0.05) is 18.2 Å². The van der Waals surface area contributed by atoms with E-state index < -0.39 is 5.97 Å². The van der Waals surface area contributed by atoms with Crippen LogP contribution in [-0.2, 0) is 6.54 Å². The molecule has 1 N–H and O–H groups in total. The van der Waals surface area contributed by atoms with Crippen molar-refractivity contribution in [3.05, 3.63) is 52.2 Å². The van der Waals surface area contributed by atoms with Crippen molar-refractivity contribution in [2.75, 3.05) is 13.1 Å². The molecule has 124 valence electrons. The minimum absolute atomic E-state index is 0.160. The molecule has 1 aromatic carbocycles. The van der Waals surface area contributed by atoms with Gasteiger partial charge in [0.25, 0.3) is 0 Å². The number of nitrogens with zero attached hydrogens (tertiary/aromatic N) is 2. The van der Waals surface area contributed by atoms with Crippen molar-refractivity contribution in [1.29, 1.82) is 0 Å². The zero-order chi connectivity index (χ0) is 16.5. The van der Waals surface area contributed by atoms with Crippen molar-refractivity contribution >= 4 is 28.3 Å². The van der Waals surface area contributed by atoms with Crippen molar-refractivity contribution in [3.8, 4) is 0 Å². The molecule has 3 heterocycles. The number of aromatic carboxylic acids is 1. The van der Waals surface area contributed by atoms with Crippen LogP contribution in [0.25, 0.3) is 11.0 Å². The molecule has 1 unspecified atom stereocenters. The molecule has 0 amide bonds. The quantitative estimate of drug-likeness (QED) is 0.777. The van der Waals surface area contributed by atoms with E-state index in [1.54, 1.807) is 5.38 Å². The molecule has 2 aromatic heterocycles. The number of rotatable bonds is 4. The fourth-order valence-electron chi connectivity index (χ4n) is 3.37. The number of benzene rings is 1. The summed E-state index contributed by atoms with van der Waals surface area (Å²) in [5, 5.41) is 12.8. The van der Waals surface area contributed by atoms with Crippen molar-refractivity contribution < 1.29 is 14.3 Å². The lowest BCUT2D eigenvalue weighted by Gasteiger charge is -2.31. The van der Waals surface area contributed by atoms with E-state index >= 15 is 0 Å². The van der Waals surface area contributed by atoms with E-state index in [2.05, 4.69) is 16.0 Å². The smallest absolute Gasteiger partial charge is 0.355 e. The van der Waals surface area contributed by atoms with Gasteiger partial charge in [0.05, 0.1) is 11.3 Å². The first-order valence-electron chi connectivity index (χ1n) is 8.07. The maximum Gasteiger partial charge on any atom is 0.355 e. The molecule has 1 saturated heterocycles. The summed E-state index contributed by atoms with van der Waals surface area (Å²) >= 11 is 1.46. The second kappa shape index (κ2) is 6.37. The van der Waals surface area contributed by atoms with Crippen LogP contribution >= 0.6 is 11.3 Å². The van der Waals surface area contributed by atoms with Crippen molar-refractivity contribution in [1.82, 2.24) is 9.88 Å². The van der Waals surface area contributed by atoms with Gasteiger partial charge in [-0.25, -0.2) is 9.78 Å². The zero-order valence-electron chi connectivity index (χ0n) is 13.1. The number of carboxylic acids is 1. The summed E-state index contributed by atoms with van der Waals surface area (Å²) in [6.07, 6.45) is 4.01. The van der Waals surface area contributed by atoms with Crippen molar-refractivity contribution in [3.63, 3.8) is 0 Å². The number of furan rings is 1. The van der Waals surface area contributed by atoms with Gasteiger partial charge in [-0.05, 0) is 25.5 Å². The van der Waals surface area contributed by atoms with Crippen molar-refractivity contribution in [2.45, 2.75) is 25.3 Å². The van der Waals surface area contributed by atoms with E-state index in [4.69, 9.17) is 9.52 Å². The molecule has 1 aliphatic heterocycles. The van der Waals surface area contributed by atoms with Crippen LogP contribution in [0.3, 0.4) is 0 Å². The summed E-state index contributed by atoms with van der Waals surface area (Å²) in [6.45, 7) is 2.81. The fourth-order valence-corrected chi connectivity index (χ4v) is 4.29. The molecule has 4 rings (SSSR count). The third-order valence-corrected chi connectivity index (χ3v) is 5.56. The number of fused-ring (bicyclic) bond motifs is 1. The van der Waals surface area contributed by atoms with Crippen LogP contribution in [-0.4, -0.2) is 34.0 Å². The number of carboxylic acid groups (broad SMARTS) is 1. The SMILES string of the molecule is O=C(O)c1csc(C2CCCN(Cc3coc4ccccc34)C2)n1. The average molecular weight is 342 g/mol. The molecule has 0 saturated carbocycles. The predicted molar refractivity (Wildman–Crippen MR) is 92.5 cm³/mol. The van der Waals surface area contributed by atoms with Gasteiger partial charge in [0.15, 0.2) is 5.69 Å². The number of thiazole rings is 1. The highest BCUT2D eigenvalue weighted by Crippen LogP contribution is 2.31. The Balaban J connectivity index is 1.49. The first-order chi connectivity index (χ1) is 11.7. The summed E-state index contributed by atoms with van der Waals surface area (Å²) in [5.41, 5.74) is 2.29. The maximum atomic E-state index is 11.0. The molecule has 5 nitrogen and oxygen atoms in total. The van der Waals surface area contributed by atoms with Crippen LogP contribution in [0.15, 0.2) is 40.3 Å². The highest BCUT2D eigenvalue weighted by molar-refractivity contribution is 7.09. The van der Waals surface area contributed by atoms with Crippen LogP contribution in [0, 0.1) is 0 Å². The summed E-state index contributed by atoms with van der Waals surface area (Å²) in [5.74, 6) is -0.634. The fraction of sp³-hybridized carbons (Fsp3) is 0.333. The number of piperidine rings is 1. The molecule has 0 aliphatic carbocycles.